The Morgan fingerprint density at radius 2 is 2.32 bits per heavy atom. The van der Waals surface area contributed by atoms with Gasteiger partial charge < -0.3 is 9.09 Å². The van der Waals surface area contributed by atoms with Gasteiger partial charge in [-0.25, -0.2) is 4.98 Å². The molecule has 0 aliphatic rings. The molecule has 98 valence electrons. The summed E-state index contributed by atoms with van der Waals surface area (Å²) < 4.78 is 7.07. The average Bonchev–Trinajstić information content (AvgIpc) is 3.09. The average molecular weight is 258 g/mol. The van der Waals surface area contributed by atoms with Gasteiger partial charge in [0.25, 0.3) is 0 Å². The number of nitrogens with one attached hydrogen (secondary N) is 1. The van der Waals surface area contributed by atoms with Gasteiger partial charge in [-0.15, -0.1) is 0 Å². The summed E-state index contributed by atoms with van der Waals surface area (Å²) in [5, 5.41) is 10.6. The summed E-state index contributed by atoms with van der Waals surface area (Å²) in [6, 6.07) is 0. The Labute approximate surface area is 109 Å². The molecular formula is C12H14N6O. The van der Waals surface area contributed by atoms with Gasteiger partial charge in [0.2, 0.25) is 11.7 Å². The predicted molar refractivity (Wildman–Crippen MR) is 67.1 cm³/mol. The number of imidazole rings is 1. The second-order valence-corrected chi connectivity index (χ2v) is 4.40. The summed E-state index contributed by atoms with van der Waals surface area (Å²) in [5.41, 5.74) is 1.91. The van der Waals surface area contributed by atoms with Crippen LogP contribution in [-0.4, -0.2) is 29.9 Å². The summed E-state index contributed by atoms with van der Waals surface area (Å²) in [6.45, 7) is 0. The van der Waals surface area contributed by atoms with Crippen LogP contribution in [0, 0.1) is 0 Å². The Bertz CT molecular complexity index is 639. The summed E-state index contributed by atoms with van der Waals surface area (Å²) in [5.74, 6) is 1.18. The van der Waals surface area contributed by atoms with Crippen molar-refractivity contribution in [1.29, 1.82) is 0 Å². The molecule has 3 aromatic heterocycles. The molecule has 0 saturated carbocycles. The first kappa shape index (κ1) is 11.6. The zero-order chi connectivity index (χ0) is 13.1. The minimum atomic E-state index is 0.541. The van der Waals surface area contributed by atoms with Crippen LogP contribution in [0.25, 0.3) is 11.5 Å². The molecule has 3 rings (SSSR count). The highest BCUT2D eigenvalue weighted by atomic mass is 16.5. The number of aromatic amines is 1. The maximum absolute atomic E-state index is 5.21. The number of aryl methyl sites for hydroxylation is 3. The SMILES string of the molecule is Cn1cnc(-c2noc(CCCc3cn[nH]c3)n2)c1. The molecule has 0 fully saturated rings. The van der Waals surface area contributed by atoms with Crippen LogP contribution in [0.4, 0.5) is 0 Å². The fraction of sp³-hybridized carbons (Fsp3) is 0.333. The smallest absolute Gasteiger partial charge is 0.227 e. The van der Waals surface area contributed by atoms with Crippen LogP contribution in [0.15, 0.2) is 29.4 Å². The molecule has 0 spiro atoms. The number of nitrogens with zero attached hydrogens (tertiary/aromatic N) is 5. The molecule has 0 amide bonds. The lowest BCUT2D eigenvalue weighted by Crippen LogP contribution is -1.89. The van der Waals surface area contributed by atoms with Crippen molar-refractivity contribution in [3.8, 4) is 11.5 Å². The summed E-state index contributed by atoms with van der Waals surface area (Å²) in [6.07, 6.45) is 9.94. The molecule has 0 saturated heterocycles. The Morgan fingerprint density at radius 1 is 1.37 bits per heavy atom. The van der Waals surface area contributed by atoms with E-state index < -0.39 is 0 Å². The van der Waals surface area contributed by atoms with E-state index in [1.54, 1.807) is 6.33 Å². The monoisotopic (exact) mass is 258 g/mol. The first-order valence-electron chi connectivity index (χ1n) is 6.10. The van der Waals surface area contributed by atoms with E-state index in [4.69, 9.17) is 4.52 Å². The Balaban J connectivity index is 1.59. The molecule has 0 unspecified atom stereocenters. The quantitative estimate of drug-likeness (QED) is 0.747. The van der Waals surface area contributed by atoms with Gasteiger partial charge in [-0.1, -0.05) is 5.16 Å². The van der Waals surface area contributed by atoms with E-state index in [1.807, 2.05) is 30.2 Å². The van der Waals surface area contributed by atoms with Gasteiger partial charge in [-0.05, 0) is 18.4 Å². The molecule has 7 heteroatoms. The molecule has 0 atom stereocenters. The lowest BCUT2D eigenvalue weighted by molar-refractivity contribution is 0.376. The summed E-state index contributed by atoms with van der Waals surface area (Å²) >= 11 is 0. The summed E-state index contributed by atoms with van der Waals surface area (Å²) in [7, 11) is 1.91. The van der Waals surface area contributed by atoms with Gasteiger partial charge >= 0.3 is 0 Å². The highest BCUT2D eigenvalue weighted by Gasteiger charge is 2.10. The van der Waals surface area contributed by atoms with E-state index >= 15 is 0 Å². The molecule has 0 aromatic carbocycles. The molecular weight excluding hydrogens is 244 g/mol. The van der Waals surface area contributed by atoms with Crippen molar-refractivity contribution >= 4 is 0 Å². The Hall–Kier alpha value is -2.44. The lowest BCUT2D eigenvalue weighted by atomic mass is 10.1. The van der Waals surface area contributed by atoms with E-state index in [2.05, 4.69) is 25.3 Å². The number of rotatable bonds is 5. The largest absolute Gasteiger partial charge is 0.340 e. The fourth-order valence-electron chi connectivity index (χ4n) is 1.85. The molecule has 19 heavy (non-hydrogen) atoms. The third-order valence-electron chi connectivity index (χ3n) is 2.81. The highest BCUT2D eigenvalue weighted by Crippen LogP contribution is 2.13. The van der Waals surface area contributed by atoms with Gasteiger partial charge in [0.15, 0.2) is 0 Å². The van der Waals surface area contributed by atoms with Crippen molar-refractivity contribution < 1.29 is 4.52 Å². The van der Waals surface area contributed by atoms with E-state index in [1.165, 1.54) is 5.56 Å². The third kappa shape index (κ3) is 2.70. The molecule has 3 aromatic rings. The van der Waals surface area contributed by atoms with Crippen LogP contribution in [0.3, 0.4) is 0 Å². The fourth-order valence-corrected chi connectivity index (χ4v) is 1.85. The number of hydrogen-bond donors (Lipinski definition) is 1. The Morgan fingerprint density at radius 3 is 3.05 bits per heavy atom. The zero-order valence-electron chi connectivity index (χ0n) is 10.6. The van der Waals surface area contributed by atoms with Crippen LogP contribution < -0.4 is 0 Å². The summed E-state index contributed by atoms with van der Waals surface area (Å²) in [4.78, 5) is 8.52. The van der Waals surface area contributed by atoms with Crippen molar-refractivity contribution in [1.82, 2.24) is 29.9 Å². The first-order chi connectivity index (χ1) is 9.31. The van der Waals surface area contributed by atoms with Crippen LogP contribution in [-0.2, 0) is 19.9 Å². The third-order valence-corrected chi connectivity index (χ3v) is 2.81. The number of aromatic nitrogens is 6. The maximum Gasteiger partial charge on any atom is 0.227 e. The standard InChI is InChI=1S/C12H14N6O/c1-18-7-10(13-8-18)12-16-11(19-17-12)4-2-3-9-5-14-15-6-9/h5-8H,2-4H2,1H3,(H,14,15). The van der Waals surface area contributed by atoms with E-state index in [0.717, 1.165) is 25.0 Å². The molecule has 0 bridgehead atoms. The van der Waals surface area contributed by atoms with Gasteiger partial charge in [0.05, 0.1) is 12.5 Å². The lowest BCUT2D eigenvalue weighted by Gasteiger charge is -1.93. The predicted octanol–water partition coefficient (Wildman–Crippen LogP) is 1.37. The van der Waals surface area contributed by atoms with Crippen molar-refractivity contribution in [2.45, 2.75) is 19.3 Å². The molecule has 3 heterocycles. The minimum absolute atomic E-state index is 0.541. The van der Waals surface area contributed by atoms with Gasteiger partial charge in [0, 0.05) is 25.9 Å². The van der Waals surface area contributed by atoms with Crippen LogP contribution >= 0.6 is 0 Å². The van der Waals surface area contributed by atoms with Crippen LogP contribution in [0.2, 0.25) is 0 Å². The van der Waals surface area contributed by atoms with Gasteiger partial charge in [-0.3, -0.25) is 5.10 Å². The second-order valence-electron chi connectivity index (χ2n) is 4.40. The van der Waals surface area contributed by atoms with E-state index in [9.17, 15) is 0 Å². The van der Waals surface area contributed by atoms with Gasteiger partial charge in [0.1, 0.15) is 5.69 Å². The number of hydrogen-bond acceptors (Lipinski definition) is 5. The van der Waals surface area contributed by atoms with Crippen molar-refractivity contribution in [2.75, 3.05) is 0 Å². The van der Waals surface area contributed by atoms with Crippen LogP contribution in [0.5, 0.6) is 0 Å². The maximum atomic E-state index is 5.21. The van der Waals surface area contributed by atoms with Gasteiger partial charge in [-0.2, -0.15) is 10.1 Å². The molecule has 0 aliphatic heterocycles. The second kappa shape index (κ2) is 5.05. The number of H-pyrrole nitrogens is 1. The van der Waals surface area contributed by atoms with E-state index in [-0.39, 0.29) is 0 Å². The topological polar surface area (TPSA) is 85.4 Å². The normalized spacial score (nSPS) is 11.0. The molecule has 7 nitrogen and oxygen atoms in total. The molecule has 0 aliphatic carbocycles. The zero-order valence-corrected chi connectivity index (χ0v) is 10.6. The molecule has 0 radical (unpaired) electrons. The van der Waals surface area contributed by atoms with Crippen LogP contribution in [0.1, 0.15) is 17.9 Å². The van der Waals surface area contributed by atoms with Crippen molar-refractivity contribution in [3.05, 3.63) is 36.4 Å². The minimum Gasteiger partial charge on any atom is -0.340 e. The van der Waals surface area contributed by atoms with Crippen molar-refractivity contribution in [2.24, 2.45) is 7.05 Å². The van der Waals surface area contributed by atoms with E-state index in [0.29, 0.717) is 11.7 Å². The highest BCUT2D eigenvalue weighted by molar-refractivity contribution is 5.46. The van der Waals surface area contributed by atoms with Crippen molar-refractivity contribution in [3.63, 3.8) is 0 Å². The first-order valence-corrected chi connectivity index (χ1v) is 6.10. The molecule has 1 N–H and O–H groups in total. The Kier molecular flexibility index (Phi) is 3.09.